The second kappa shape index (κ2) is 6.60. The van der Waals surface area contributed by atoms with Gasteiger partial charge in [-0.3, -0.25) is 4.98 Å². The Hall–Kier alpha value is -3.91. The van der Waals surface area contributed by atoms with Gasteiger partial charge in [0.25, 0.3) is 0 Å². The Labute approximate surface area is 205 Å². The first-order valence-corrected chi connectivity index (χ1v) is 12.7. The first-order valence-electron chi connectivity index (χ1n) is 12.7. The molecule has 0 fully saturated rings. The van der Waals surface area contributed by atoms with Crippen molar-refractivity contribution in [3.63, 3.8) is 0 Å². The van der Waals surface area contributed by atoms with E-state index in [1.165, 1.54) is 72.4 Å². The van der Waals surface area contributed by atoms with E-state index in [9.17, 15) is 0 Å². The van der Waals surface area contributed by atoms with Gasteiger partial charge in [-0.1, -0.05) is 74.5 Å². The summed E-state index contributed by atoms with van der Waals surface area (Å²) < 4.78 is 2.56. The lowest BCUT2D eigenvalue weighted by molar-refractivity contribution is 0.662. The van der Waals surface area contributed by atoms with Gasteiger partial charge in [0.2, 0.25) is 0 Å². The lowest BCUT2D eigenvalue weighted by Crippen LogP contribution is -2.16. The fourth-order valence-corrected chi connectivity index (χ4v) is 7.18. The molecule has 2 heterocycles. The summed E-state index contributed by atoms with van der Waals surface area (Å²) in [6.07, 6.45) is 11.7. The van der Waals surface area contributed by atoms with E-state index in [0.717, 1.165) is 19.3 Å². The molecule has 0 bridgehead atoms. The molecule has 0 atom stereocenters. The highest BCUT2D eigenvalue weighted by molar-refractivity contribution is 6.13. The molecule has 168 valence electrons. The lowest BCUT2D eigenvalue weighted by atomic mass is 9.78. The first kappa shape index (κ1) is 19.4. The van der Waals surface area contributed by atoms with Gasteiger partial charge in [0, 0.05) is 46.6 Å². The van der Waals surface area contributed by atoms with E-state index in [0.29, 0.717) is 0 Å². The third kappa shape index (κ3) is 2.32. The van der Waals surface area contributed by atoms with Crippen molar-refractivity contribution < 1.29 is 0 Å². The summed E-state index contributed by atoms with van der Waals surface area (Å²) >= 11 is 0. The van der Waals surface area contributed by atoms with Crippen LogP contribution in [0.15, 0.2) is 79.1 Å². The van der Waals surface area contributed by atoms with Gasteiger partial charge in [0.15, 0.2) is 0 Å². The van der Waals surface area contributed by atoms with E-state index in [1.807, 2.05) is 12.4 Å². The predicted molar refractivity (Wildman–Crippen MR) is 144 cm³/mol. The normalized spacial score (nSPS) is 16.1. The second-order valence-corrected chi connectivity index (χ2v) is 10.7. The molecule has 5 aromatic rings. The van der Waals surface area contributed by atoms with Crippen LogP contribution in [0.1, 0.15) is 53.8 Å². The van der Waals surface area contributed by atoms with Gasteiger partial charge in [-0.15, -0.1) is 0 Å². The first-order chi connectivity index (χ1) is 17.2. The van der Waals surface area contributed by atoms with Gasteiger partial charge in [0.1, 0.15) is 0 Å². The Morgan fingerprint density at radius 3 is 2.49 bits per heavy atom. The number of aromatic nitrogens is 2. The van der Waals surface area contributed by atoms with Crippen LogP contribution in [-0.4, -0.2) is 9.55 Å². The molecule has 0 aliphatic heterocycles. The molecule has 3 aliphatic rings. The van der Waals surface area contributed by atoms with Gasteiger partial charge in [-0.2, -0.15) is 0 Å². The van der Waals surface area contributed by atoms with Crippen LogP contribution in [0.3, 0.4) is 0 Å². The lowest BCUT2D eigenvalue weighted by Gasteiger charge is -2.25. The summed E-state index contributed by atoms with van der Waals surface area (Å²) in [4.78, 5) is 4.33. The molecule has 0 radical (unpaired) electrons. The molecule has 2 heteroatoms. The van der Waals surface area contributed by atoms with Crippen LogP contribution in [0.4, 0.5) is 0 Å². The van der Waals surface area contributed by atoms with E-state index >= 15 is 0 Å². The standard InChI is InChI=1S/C33H26N2/c1-33(2)26-13-7-5-11-23(26)29-30-24-12-6-8-14-27(24)35(21-15-17-34-18-16-21)32(30)25-19-20-9-3-4-10-22(20)28(25)31(29)33/h3-7,9-13,15-18H,8,14,19H2,1-2H3. The van der Waals surface area contributed by atoms with E-state index in [1.54, 1.807) is 0 Å². The summed E-state index contributed by atoms with van der Waals surface area (Å²) in [5.74, 6) is 0. The number of benzene rings is 3. The summed E-state index contributed by atoms with van der Waals surface area (Å²) in [5, 5.41) is 1.44. The highest BCUT2D eigenvalue weighted by atomic mass is 15.0. The average molecular weight is 451 g/mol. The van der Waals surface area contributed by atoms with E-state index < -0.39 is 0 Å². The fraction of sp³-hybridized carbons (Fsp3) is 0.182. The molecule has 3 aliphatic carbocycles. The molecule has 8 rings (SSSR count). The molecular formula is C33H26N2. The highest BCUT2D eigenvalue weighted by Gasteiger charge is 2.43. The second-order valence-electron chi connectivity index (χ2n) is 10.7. The molecule has 0 amide bonds. The fourth-order valence-electron chi connectivity index (χ4n) is 7.18. The number of hydrogen-bond donors (Lipinski definition) is 0. The Morgan fingerprint density at radius 1 is 0.857 bits per heavy atom. The summed E-state index contributed by atoms with van der Waals surface area (Å²) in [7, 11) is 0. The Balaban J connectivity index is 1.66. The third-order valence-corrected chi connectivity index (χ3v) is 8.55. The number of fused-ring (bicyclic) bond motifs is 12. The van der Waals surface area contributed by atoms with E-state index in [-0.39, 0.29) is 5.41 Å². The van der Waals surface area contributed by atoms with Crippen molar-refractivity contribution in [2.75, 3.05) is 0 Å². The Kier molecular flexibility index (Phi) is 3.66. The zero-order chi connectivity index (χ0) is 23.3. The molecule has 0 saturated heterocycles. The minimum Gasteiger partial charge on any atom is -0.313 e. The van der Waals surface area contributed by atoms with Crippen LogP contribution in [0.2, 0.25) is 0 Å². The van der Waals surface area contributed by atoms with Crippen molar-refractivity contribution in [2.45, 2.75) is 38.5 Å². The van der Waals surface area contributed by atoms with Crippen molar-refractivity contribution in [3.8, 4) is 27.9 Å². The SMILES string of the molecule is CC1(C)c2ccccc2-c2c1c1c(c3c2c2c(n3-c3ccncc3)CCC=C2)Cc2ccccc2-1. The van der Waals surface area contributed by atoms with E-state index in [4.69, 9.17) is 0 Å². The molecule has 3 aromatic carbocycles. The molecule has 2 aromatic heterocycles. The van der Waals surface area contributed by atoms with Crippen LogP contribution < -0.4 is 0 Å². The molecule has 0 spiro atoms. The zero-order valence-corrected chi connectivity index (χ0v) is 20.1. The van der Waals surface area contributed by atoms with Gasteiger partial charge in [0.05, 0.1) is 5.52 Å². The molecule has 0 N–H and O–H groups in total. The maximum absolute atomic E-state index is 4.33. The molecule has 0 saturated carbocycles. The van der Waals surface area contributed by atoms with Crippen LogP contribution in [-0.2, 0) is 18.3 Å². The summed E-state index contributed by atoms with van der Waals surface area (Å²) in [6, 6.07) is 22.5. The highest BCUT2D eigenvalue weighted by Crippen LogP contribution is 2.59. The maximum atomic E-state index is 4.33. The average Bonchev–Trinajstić information content (AvgIpc) is 3.51. The number of pyridine rings is 1. The monoisotopic (exact) mass is 450 g/mol. The van der Waals surface area contributed by atoms with Crippen molar-refractivity contribution in [1.82, 2.24) is 9.55 Å². The Morgan fingerprint density at radius 2 is 1.63 bits per heavy atom. The number of hydrogen-bond acceptors (Lipinski definition) is 1. The zero-order valence-electron chi connectivity index (χ0n) is 20.1. The van der Waals surface area contributed by atoms with Crippen molar-refractivity contribution in [3.05, 3.63) is 113 Å². The molecule has 2 nitrogen and oxygen atoms in total. The van der Waals surface area contributed by atoms with Crippen LogP contribution >= 0.6 is 0 Å². The Bertz CT molecular complexity index is 1730. The van der Waals surface area contributed by atoms with Crippen LogP contribution in [0.25, 0.3) is 44.9 Å². The third-order valence-electron chi connectivity index (χ3n) is 8.55. The number of nitrogens with zero attached hydrogens (tertiary/aromatic N) is 2. The summed E-state index contributed by atoms with van der Waals surface area (Å²) in [6.45, 7) is 4.85. The maximum Gasteiger partial charge on any atom is 0.0585 e. The number of allylic oxidation sites excluding steroid dienone is 1. The minimum atomic E-state index is -0.0499. The van der Waals surface area contributed by atoms with Crippen LogP contribution in [0, 0.1) is 0 Å². The topological polar surface area (TPSA) is 17.8 Å². The number of rotatable bonds is 1. The van der Waals surface area contributed by atoms with Gasteiger partial charge in [-0.05, 0) is 69.5 Å². The predicted octanol–water partition coefficient (Wildman–Crippen LogP) is 7.86. The largest absolute Gasteiger partial charge is 0.313 e. The quantitative estimate of drug-likeness (QED) is 0.249. The van der Waals surface area contributed by atoms with Gasteiger partial charge >= 0.3 is 0 Å². The summed E-state index contributed by atoms with van der Waals surface area (Å²) in [5.41, 5.74) is 17.0. The van der Waals surface area contributed by atoms with Crippen molar-refractivity contribution in [1.29, 1.82) is 0 Å². The van der Waals surface area contributed by atoms with Gasteiger partial charge < -0.3 is 4.57 Å². The minimum absolute atomic E-state index is 0.0499. The van der Waals surface area contributed by atoms with Crippen molar-refractivity contribution in [2.24, 2.45) is 0 Å². The molecular weight excluding hydrogens is 424 g/mol. The van der Waals surface area contributed by atoms with E-state index in [2.05, 4.69) is 96.2 Å². The van der Waals surface area contributed by atoms with Gasteiger partial charge in [-0.25, -0.2) is 0 Å². The molecule has 35 heavy (non-hydrogen) atoms. The van der Waals surface area contributed by atoms with Crippen LogP contribution in [0.5, 0.6) is 0 Å². The van der Waals surface area contributed by atoms with Crippen molar-refractivity contribution >= 4 is 17.0 Å². The molecule has 0 unspecified atom stereocenters. The smallest absolute Gasteiger partial charge is 0.0585 e.